The maximum Gasteiger partial charge on any atom is 0.255 e. The molecule has 5 N–H and O–H groups in total. The quantitative estimate of drug-likeness (QED) is 0.513. The maximum absolute atomic E-state index is 12.3. The molecule has 0 aliphatic heterocycles. The highest BCUT2D eigenvalue weighted by molar-refractivity contribution is 6.04. The van der Waals surface area contributed by atoms with Crippen LogP contribution < -0.4 is 21.7 Å². The Morgan fingerprint density at radius 3 is 2.27 bits per heavy atom. The molecule has 162 valence electrons. The SMILES string of the molecule is CC(NC(=O)CNC(=O)[C@@H](N)C(C)C)c1cccc(NC(=O)c2ccccc2)c1.Cl. The van der Waals surface area contributed by atoms with E-state index in [1.807, 2.05) is 39.0 Å². The van der Waals surface area contributed by atoms with Crippen molar-refractivity contribution >= 4 is 35.8 Å². The van der Waals surface area contributed by atoms with Gasteiger partial charge in [0.25, 0.3) is 5.91 Å². The van der Waals surface area contributed by atoms with Crippen molar-refractivity contribution in [1.82, 2.24) is 10.6 Å². The highest BCUT2D eigenvalue weighted by Crippen LogP contribution is 2.18. The summed E-state index contributed by atoms with van der Waals surface area (Å²) in [5, 5.41) is 8.22. The second kappa shape index (κ2) is 11.9. The highest BCUT2D eigenvalue weighted by Gasteiger charge is 2.18. The Balaban J connectivity index is 0.00000450. The van der Waals surface area contributed by atoms with Gasteiger partial charge in [-0.15, -0.1) is 12.4 Å². The van der Waals surface area contributed by atoms with Crippen LogP contribution in [0.4, 0.5) is 5.69 Å². The molecular weight excluding hydrogens is 404 g/mol. The Morgan fingerprint density at radius 1 is 0.967 bits per heavy atom. The monoisotopic (exact) mass is 432 g/mol. The van der Waals surface area contributed by atoms with Crippen LogP contribution in [0.25, 0.3) is 0 Å². The predicted octanol–water partition coefficient (Wildman–Crippen LogP) is 2.64. The third-order valence-corrected chi connectivity index (χ3v) is 4.50. The van der Waals surface area contributed by atoms with Gasteiger partial charge in [-0.1, -0.05) is 44.2 Å². The highest BCUT2D eigenvalue weighted by atomic mass is 35.5. The van der Waals surface area contributed by atoms with E-state index in [-0.39, 0.29) is 48.6 Å². The lowest BCUT2D eigenvalue weighted by atomic mass is 10.1. The number of rotatable bonds is 8. The Bertz CT molecular complexity index is 858. The summed E-state index contributed by atoms with van der Waals surface area (Å²) < 4.78 is 0. The van der Waals surface area contributed by atoms with Crippen LogP contribution >= 0.6 is 12.4 Å². The van der Waals surface area contributed by atoms with Crippen molar-refractivity contribution < 1.29 is 14.4 Å². The van der Waals surface area contributed by atoms with Crippen LogP contribution in [0.3, 0.4) is 0 Å². The average molecular weight is 433 g/mol. The predicted molar refractivity (Wildman–Crippen MR) is 120 cm³/mol. The summed E-state index contributed by atoms with van der Waals surface area (Å²) in [4.78, 5) is 36.3. The number of hydrogen-bond donors (Lipinski definition) is 4. The minimum atomic E-state index is -0.648. The molecule has 0 spiro atoms. The fraction of sp³-hybridized carbons (Fsp3) is 0.318. The third kappa shape index (κ3) is 7.50. The van der Waals surface area contributed by atoms with Gasteiger partial charge in [0, 0.05) is 11.3 Å². The zero-order valence-corrected chi connectivity index (χ0v) is 18.2. The van der Waals surface area contributed by atoms with Gasteiger partial charge in [0.1, 0.15) is 0 Å². The van der Waals surface area contributed by atoms with E-state index in [9.17, 15) is 14.4 Å². The lowest BCUT2D eigenvalue weighted by molar-refractivity contribution is -0.127. The van der Waals surface area contributed by atoms with Crippen molar-refractivity contribution in [2.24, 2.45) is 11.7 Å². The first-order chi connectivity index (χ1) is 13.8. The summed E-state index contributed by atoms with van der Waals surface area (Å²) in [6, 6.07) is 15.2. The lowest BCUT2D eigenvalue weighted by Gasteiger charge is -2.18. The second-order valence-electron chi connectivity index (χ2n) is 7.22. The molecule has 0 saturated carbocycles. The number of halogens is 1. The number of nitrogens with one attached hydrogen (secondary N) is 3. The van der Waals surface area contributed by atoms with E-state index < -0.39 is 6.04 Å². The maximum atomic E-state index is 12.3. The number of carbonyl (C=O) groups excluding carboxylic acids is 3. The van der Waals surface area contributed by atoms with Crippen LogP contribution in [-0.2, 0) is 9.59 Å². The summed E-state index contributed by atoms with van der Waals surface area (Å²) >= 11 is 0. The smallest absolute Gasteiger partial charge is 0.255 e. The standard InChI is InChI=1S/C22H28N4O3.ClH/c1-14(2)20(23)22(29)24-13-19(27)25-15(3)17-10-7-11-18(12-17)26-21(28)16-8-5-4-6-9-16;/h4-12,14-15,20H,13,23H2,1-3H3,(H,24,29)(H,25,27)(H,26,28);1H/t15?,20-;/m0./s1. The number of benzene rings is 2. The molecule has 8 heteroatoms. The van der Waals surface area contributed by atoms with E-state index in [2.05, 4.69) is 16.0 Å². The molecule has 2 aromatic carbocycles. The van der Waals surface area contributed by atoms with Gasteiger partial charge in [0.2, 0.25) is 11.8 Å². The molecule has 1 unspecified atom stereocenters. The van der Waals surface area contributed by atoms with Crippen molar-refractivity contribution in [3.8, 4) is 0 Å². The summed E-state index contributed by atoms with van der Waals surface area (Å²) in [5.41, 5.74) is 7.78. The topological polar surface area (TPSA) is 113 Å². The van der Waals surface area contributed by atoms with Crippen molar-refractivity contribution in [3.63, 3.8) is 0 Å². The van der Waals surface area contributed by atoms with E-state index in [1.54, 1.807) is 36.4 Å². The van der Waals surface area contributed by atoms with Gasteiger partial charge in [-0.2, -0.15) is 0 Å². The Morgan fingerprint density at radius 2 is 1.63 bits per heavy atom. The molecular formula is C22H29ClN4O3. The number of carbonyl (C=O) groups is 3. The van der Waals surface area contributed by atoms with Gasteiger partial charge in [-0.3, -0.25) is 14.4 Å². The fourth-order valence-electron chi connectivity index (χ4n) is 2.64. The van der Waals surface area contributed by atoms with Gasteiger partial charge in [0.05, 0.1) is 18.6 Å². The van der Waals surface area contributed by atoms with Gasteiger partial charge >= 0.3 is 0 Å². The van der Waals surface area contributed by atoms with Gasteiger partial charge in [-0.25, -0.2) is 0 Å². The first-order valence-corrected chi connectivity index (χ1v) is 9.57. The summed E-state index contributed by atoms with van der Waals surface area (Å²) in [5.74, 6) is -0.886. The number of nitrogens with two attached hydrogens (primary N) is 1. The second-order valence-corrected chi connectivity index (χ2v) is 7.22. The molecule has 30 heavy (non-hydrogen) atoms. The zero-order chi connectivity index (χ0) is 21.4. The van der Waals surface area contributed by atoms with E-state index in [4.69, 9.17) is 5.73 Å². The number of anilines is 1. The first-order valence-electron chi connectivity index (χ1n) is 9.57. The van der Waals surface area contributed by atoms with Crippen molar-refractivity contribution in [2.75, 3.05) is 11.9 Å². The average Bonchev–Trinajstić information content (AvgIpc) is 2.72. The largest absolute Gasteiger partial charge is 0.348 e. The minimum Gasteiger partial charge on any atom is -0.348 e. The Hall–Kier alpha value is -2.90. The Labute approximate surface area is 183 Å². The summed E-state index contributed by atoms with van der Waals surface area (Å²) in [6.07, 6.45) is 0. The first kappa shape index (κ1) is 25.1. The third-order valence-electron chi connectivity index (χ3n) is 4.50. The van der Waals surface area contributed by atoms with Crippen LogP contribution in [0.15, 0.2) is 54.6 Å². The van der Waals surface area contributed by atoms with E-state index >= 15 is 0 Å². The molecule has 0 heterocycles. The molecule has 0 aliphatic rings. The van der Waals surface area contributed by atoms with Crippen LogP contribution in [0.2, 0.25) is 0 Å². The number of hydrogen-bond acceptors (Lipinski definition) is 4. The molecule has 2 aromatic rings. The molecule has 0 aromatic heterocycles. The van der Waals surface area contributed by atoms with Crippen LogP contribution in [0.1, 0.15) is 42.7 Å². The van der Waals surface area contributed by atoms with Crippen molar-refractivity contribution in [3.05, 3.63) is 65.7 Å². The molecule has 3 amide bonds. The minimum absolute atomic E-state index is 0. The van der Waals surface area contributed by atoms with Crippen LogP contribution in [0.5, 0.6) is 0 Å². The Kier molecular flexibility index (Phi) is 10.0. The van der Waals surface area contributed by atoms with E-state index in [0.29, 0.717) is 11.3 Å². The number of amides is 3. The normalized spacial score (nSPS) is 12.3. The molecule has 2 atom stereocenters. The molecule has 0 fully saturated rings. The van der Waals surface area contributed by atoms with E-state index in [0.717, 1.165) is 5.56 Å². The van der Waals surface area contributed by atoms with Crippen LogP contribution in [-0.4, -0.2) is 30.3 Å². The lowest BCUT2D eigenvalue weighted by Crippen LogP contribution is -2.47. The molecule has 0 radical (unpaired) electrons. The van der Waals surface area contributed by atoms with Gasteiger partial charge in [0.15, 0.2) is 0 Å². The fourth-order valence-corrected chi connectivity index (χ4v) is 2.64. The molecule has 2 rings (SSSR count). The molecule has 0 bridgehead atoms. The summed E-state index contributed by atoms with van der Waals surface area (Å²) in [6.45, 7) is 5.37. The molecule has 0 saturated heterocycles. The van der Waals surface area contributed by atoms with Crippen molar-refractivity contribution in [1.29, 1.82) is 0 Å². The van der Waals surface area contributed by atoms with Gasteiger partial charge in [-0.05, 0) is 42.7 Å². The van der Waals surface area contributed by atoms with Crippen LogP contribution in [0, 0.1) is 5.92 Å². The van der Waals surface area contributed by atoms with Gasteiger partial charge < -0.3 is 21.7 Å². The zero-order valence-electron chi connectivity index (χ0n) is 17.3. The summed E-state index contributed by atoms with van der Waals surface area (Å²) in [7, 11) is 0. The van der Waals surface area contributed by atoms with Crippen molar-refractivity contribution in [2.45, 2.75) is 32.9 Å². The van der Waals surface area contributed by atoms with E-state index in [1.165, 1.54) is 0 Å². The molecule has 0 aliphatic carbocycles. The molecule has 7 nitrogen and oxygen atoms in total.